The van der Waals surface area contributed by atoms with E-state index in [1.54, 1.807) is 6.07 Å². The van der Waals surface area contributed by atoms with E-state index in [1.165, 1.54) is 7.11 Å². The molecule has 0 fully saturated rings. The number of carbonyl (C=O) groups excluding carboxylic acids is 1. The molecule has 1 aromatic carbocycles. The fourth-order valence-electron chi connectivity index (χ4n) is 1.23. The van der Waals surface area contributed by atoms with Crippen LogP contribution in [0.1, 0.15) is 35.7 Å². The topological polar surface area (TPSA) is 26.3 Å². The Hall–Kier alpha value is -1.02. The normalized spacial score (nSPS) is 10.4. The van der Waals surface area contributed by atoms with Crippen LogP contribution in [-0.4, -0.2) is 12.4 Å². The Morgan fingerprint density at radius 1 is 1.43 bits per heavy atom. The van der Waals surface area contributed by atoms with Crippen LogP contribution in [0.3, 0.4) is 0 Å². The Balaban J connectivity index is 3.18. The second kappa shape index (κ2) is 4.47. The SMILES string of the molecule is COc1cc(C(C)C)ccc1C(=O)Cl. The molecular formula is C11H13ClO2. The van der Waals surface area contributed by atoms with Crippen LogP contribution in [0.5, 0.6) is 5.75 Å². The smallest absolute Gasteiger partial charge is 0.256 e. The summed E-state index contributed by atoms with van der Waals surface area (Å²) >= 11 is 5.40. The fraction of sp³-hybridized carbons (Fsp3) is 0.364. The van der Waals surface area contributed by atoms with E-state index in [2.05, 4.69) is 13.8 Å². The van der Waals surface area contributed by atoms with Gasteiger partial charge < -0.3 is 4.74 Å². The van der Waals surface area contributed by atoms with Crippen molar-refractivity contribution in [1.29, 1.82) is 0 Å². The van der Waals surface area contributed by atoms with Crippen molar-refractivity contribution in [2.45, 2.75) is 19.8 Å². The third-order valence-electron chi connectivity index (χ3n) is 2.10. The summed E-state index contributed by atoms with van der Waals surface area (Å²) in [4.78, 5) is 11.0. The highest BCUT2D eigenvalue weighted by Crippen LogP contribution is 2.25. The summed E-state index contributed by atoms with van der Waals surface area (Å²) in [5.41, 5.74) is 1.54. The molecule has 0 saturated carbocycles. The first-order valence-electron chi connectivity index (χ1n) is 4.44. The molecule has 0 radical (unpaired) electrons. The van der Waals surface area contributed by atoms with Gasteiger partial charge in [0, 0.05) is 0 Å². The van der Waals surface area contributed by atoms with E-state index in [0.717, 1.165) is 5.56 Å². The van der Waals surface area contributed by atoms with E-state index < -0.39 is 5.24 Å². The zero-order valence-electron chi connectivity index (χ0n) is 8.50. The summed E-state index contributed by atoms with van der Waals surface area (Å²) in [6.07, 6.45) is 0. The van der Waals surface area contributed by atoms with Crippen LogP contribution in [0.15, 0.2) is 18.2 Å². The van der Waals surface area contributed by atoms with Crippen molar-refractivity contribution in [3.8, 4) is 5.75 Å². The third kappa shape index (κ3) is 2.26. The summed E-state index contributed by atoms with van der Waals surface area (Å²) < 4.78 is 5.09. The molecule has 0 N–H and O–H groups in total. The van der Waals surface area contributed by atoms with Crippen LogP contribution < -0.4 is 4.74 Å². The number of carbonyl (C=O) groups is 1. The Labute approximate surface area is 88.8 Å². The van der Waals surface area contributed by atoms with E-state index in [9.17, 15) is 4.79 Å². The van der Waals surface area contributed by atoms with Gasteiger partial charge in [0.2, 0.25) is 0 Å². The molecule has 14 heavy (non-hydrogen) atoms. The molecule has 0 saturated heterocycles. The number of hydrogen-bond donors (Lipinski definition) is 0. The maximum Gasteiger partial charge on any atom is 0.256 e. The summed E-state index contributed by atoms with van der Waals surface area (Å²) in [5.74, 6) is 0.944. The van der Waals surface area contributed by atoms with Gasteiger partial charge in [-0.3, -0.25) is 4.79 Å². The van der Waals surface area contributed by atoms with Gasteiger partial charge in [0.1, 0.15) is 5.75 Å². The summed E-state index contributed by atoms with van der Waals surface area (Å²) in [6.45, 7) is 4.16. The molecule has 0 aliphatic heterocycles. The van der Waals surface area contributed by atoms with Crippen molar-refractivity contribution >= 4 is 16.8 Å². The van der Waals surface area contributed by atoms with Gasteiger partial charge in [0.15, 0.2) is 0 Å². The Morgan fingerprint density at radius 2 is 2.07 bits per heavy atom. The van der Waals surface area contributed by atoms with Crippen molar-refractivity contribution in [2.75, 3.05) is 7.11 Å². The summed E-state index contributed by atoms with van der Waals surface area (Å²) in [7, 11) is 1.53. The highest BCUT2D eigenvalue weighted by molar-refractivity contribution is 6.68. The molecular weight excluding hydrogens is 200 g/mol. The Bertz CT molecular complexity index is 345. The number of rotatable bonds is 3. The first kappa shape index (κ1) is 11.1. The van der Waals surface area contributed by atoms with Crippen LogP contribution >= 0.6 is 11.6 Å². The number of hydrogen-bond acceptors (Lipinski definition) is 2. The Kier molecular flexibility index (Phi) is 3.53. The van der Waals surface area contributed by atoms with Gasteiger partial charge in [-0.05, 0) is 35.2 Å². The maximum atomic E-state index is 11.0. The average Bonchev–Trinajstić information content (AvgIpc) is 2.16. The van der Waals surface area contributed by atoms with Gasteiger partial charge >= 0.3 is 0 Å². The second-order valence-electron chi connectivity index (χ2n) is 3.39. The molecule has 76 valence electrons. The van der Waals surface area contributed by atoms with Crippen molar-refractivity contribution < 1.29 is 9.53 Å². The lowest BCUT2D eigenvalue weighted by molar-refractivity contribution is 0.107. The molecule has 0 amide bonds. The standard InChI is InChI=1S/C11H13ClO2/c1-7(2)8-4-5-9(11(12)13)10(6-8)14-3/h4-7H,1-3H3. The number of halogens is 1. The van der Waals surface area contributed by atoms with Gasteiger partial charge in [-0.2, -0.15) is 0 Å². The van der Waals surface area contributed by atoms with Gasteiger partial charge in [0.25, 0.3) is 5.24 Å². The van der Waals surface area contributed by atoms with Gasteiger partial charge in [0.05, 0.1) is 12.7 Å². The van der Waals surface area contributed by atoms with Crippen molar-refractivity contribution in [3.63, 3.8) is 0 Å². The van der Waals surface area contributed by atoms with Crippen LogP contribution in [0.4, 0.5) is 0 Å². The first-order valence-corrected chi connectivity index (χ1v) is 4.81. The Morgan fingerprint density at radius 3 is 2.50 bits per heavy atom. The lowest BCUT2D eigenvalue weighted by atomic mass is 10.0. The minimum Gasteiger partial charge on any atom is -0.496 e. The minimum absolute atomic E-state index is 0.406. The largest absolute Gasteiger partial charge is 0.496 e. The molecule has 3 heteroatoms. The zero-order chi connectivity index (χ0) is 10.7. The number of ether oxygens (including phenoxy) is 1. The summed E-state index contributed by atoms with van der Waals surface area (Å²) in [5, 5.41) is -0.489. The average molecular weight is 213 g/mol. The van der Waals surface area contributed by atoms with Gasteiger partial charge in [-0.25, -0.2) is 0 Å². The first-order chi connectivity index (χ1) is 6.56. The lowest BCUT2D eigenvalue weighted by Gasteiger charge is -2.09. The number of benzene rings is 1. The molecule has 0 spiro atoms. The minimum atomic E-state index is -0.489. The van der Waals surface area contributed by atoms with Crippen molar-refractivity contribution in [2.24, 2.45) is 0 Å². The van der Waals surface area contributed by atoms with Gasteiger partial charge in [-0.15, -0.1) is 0 Å². The highest BCUT2D eigenvalue weighted by Gasteiger charge is 2.11. The van der Waals surface area contributed by atoms with E-state index in [1.807, 2.05) is 12.1 Å². The van der Waals surface area contributed by atoms with Crippen LogP contribution in [0.25, 0.3) is 0 Å². The zero-order valence-corrected chi connectivity index (χ0v) is 9.26. The lowest BCUT2D eigenvalue weighted by Crippen LogP contribution is -1.97. The molecule has 1 rings (SSSR count). The monoisotopic (exact) mass is 212 g/mol. The molecule has 0 bridgehead atoms. The molecule has 0 aliphatic rings. The van der Waals surface area contributed by atoms with E-state index in [-0.39, 0.29) is 0 Å². The van der Waals surface area contributed by atoms with E-state index in [0.29, 0.717) is 17.2 Å². The maximum absolute atomic E-state index is 11.0. The molecule has 0 aromatic heterocycles. The van der Waals surface area contributed by atoms with Crippen LogP contribution in [0, 0.1) is 0 Å². The second-order valence-corrected chi connectivity index (χ2v) is 3.73. The predicted molar refractivity (Wildman–Crippen MR) is 57.3 cm³/mol. The molecule has 1 aromatic rings. The molecule has 0 unspecified atom stereocenters. The van der Waals surface area contributed by atoms with Crippen molar-refractivity contribution in [3.05, 3.63) is 29.3 Å². The fourth-order valence-corrected chi connectivity index (χ4v) is 1.39. The predicted octanol–water partition coefficient (Wildman–Crippen LogP) is 3.20. The molecule has 0 aliphatic carbocycles. The van der Waals surface area contributed by atoms with Crippen molar-refractivity contribution in [1.82, 2.24) is 0 Å². The van der Waals surface area contributed by atoms with E-state index >= 15 is 0 Å². The molecule has 2 nitrogen and oxygen atoms in total. The van der Waals surface area contributed by atoms with Gasteiger partial charge in [-0.1, -0.05) is 19.9 Å². The van der Waals surface area contributed by atoms with E-state index in [4.69, 9.17) is 16.3 Å². The van der Waals surface area contributed by atoms with Crippen LogP contribution in [0.2, 0.25) is 0 Å². The number of methoxy groups -OCH3 is 1. The third-order valence-corrected chi connectivity index (χ3v) is 2.31. The molecule has 0 atom stereocenters. The molecule has 0 heterocycles. The van der Waals surface area contributed by atoms with Crippen LogP contribution in [-0.2, 0) is 0 Å². The quantitative estimate of drug-likeness (QED) is 0.720. The summed E-state index contributed by atoms with van der Waals surface area (Å²) in [6, 6.07) is 5.44. The highest BCUT2D eigenvalue weighted by atomic mass is 35.5.